The van der Waals surface area contributed by atoms with Gasteiger partial charge in [-0.15, -0.1) is 0 Å². The monoisotopic (exact) mass is 239 g/mol. The Kier molecular flexibility index (Phi) is 5.41. The van der Waals surface area contributed by atoms with Crippen LogP contribution >= 0.6 is 0 Å². The van der Waals surface area contributed by atoms with Gasteiger partial charge in [0.15, 0.2) is 0 Å². The number of rotatable bonds is 7. The summed E-state index contributed by atoms with van der Waals surface area (Å²) in [4.78, 5) is 0. The minimum absolute atomic E-state index is 0.0498. The van der Waals surface area contributed by atoms with Gasteiger partial charge in [-0.2, -0.15) is 0 Å². The van der Waals surface area contributed by atoms with Crippen LogP contribution in [0, 0.1) is 0 Å². The smallest absolute Gasteiger partial charge is 0.119 e. The van der Waals surface area contributed by atoms with Crippen molar-refractivity contribution in [3.8, 4) is 5.75 Å². The normalized spacial score (nSPS) is 14.4. The molecule has 0 heterocycles. The first kappa shape index (κ1) is 14.0. The topological polar surface area (TPSA) is 75.7 Å². The van der Waals surface area contributed by atoms with Gasteiger partial charge in [0.1, 0.15) is 5.75 Å². The molecule has 4 N–H and O–H groups in total. The first-order valence-corrected chi connectivity index (χ1v) is 5.80. The summed E-state index contributed by atoms with van der Waals surface area (Å²) < 4.78 is 5.52. The summed E-state index contributed by atoms with van der Waals surface area (Å²) in [6.07, 6.45) is 1.26. The van der Waals surface area contributed by atoms with Gasteiger partial charge in [-0.25, -0.2) is 0 Å². The van der Waals surface area contributed by atoms with Gasteiger partial charge in [-0.1, -0.05) is 12.1 Å². The van der Waals surface area contributed by atoms with Crippen molar-refractivity contribution in [2.75, 3.05) is 19.8 Å². The Morgan fingerprint density at radius 1 is 1.24 bits per heavy atom. The highest BCUT2D eigenvalue weighted by Crippen LogP contribution is 2.14. The number of ether oxygens (including phenoxy) is 1. The first-order valence-electron chi connectivity index (χ1n) is 5.80. The van der Waals surface area contributed by atoms with E-state index < -0.39 is 5.54 Å². The summed E-state index contributed by atoms with van der Waals surface area (Å²) in [5.41, 5.74) is 6.28. The molecule has 0 fully saturated rings. The number of nitrogens with two attached hydrogens (primary N) is 1. The van der Waals surface area contributed by atoms with Crippen LogP contribution in [0.4, 0.5) is 0 Å². The van der Waals surface area contributed by atoms with Crippen LogP contribution in [-0.2, 0) is 6.42 Å². The Labute approximate surface area is 102 Å². The number of aliphatic hydroxyl groups is 2. The maximum Gasteiger partial charge on any atom is 0.119 e. The molecule has 0 aliphatic rings. The maximum atomic E-state index is 8.98. The Balaban J connectivity index is 2.37. The van der Waals surface area contributed by atoms with Gasteiger partial charge in [0.25, 0.3) is 0 Å². The van der Waals surface area contributed by atoms with Gasteiger partial charge in [0.05, 0.1) is 13.2 Å². The van der Waals surface area contributed by atoms with Crippen molar-refractivity contribution in [2.45, 2.75) is 25.3 Å². The summed E-state index contributed by atoms with van der Waals surface area (Å²) in [7, 11) is 0. The van der Waals surface area contributed by atoms with E-state index in [0.29, 0.717) is 19.4 Å². The van der Waals surface area contributed by atoms with E-state index in [1.165, 1.54) is 0 Å². The number of hydrogen-bond donors (Lipinski definition) is 3. The van der Waals surface area contributed by atoms with Crippen molar-refractivity contribution in [1.82, 2.24) is 0 Å². The van der Waals surface area contributed by atoms with Gasteiger partial charge in [-0.3, -0.25) is 0 Å². The zero-order valence-corrected chi connectivity index (χ0v) is 10.2. The Morgan fingerprint density at radius 3 is 2.41 bits per heavy atom. The lowest BCUT2D eigenvalue weighted by atomic mass is 10.0. The highest BCUT2D eigenvalue weighted by molar-refractivity contribution is 5.27. The molecule has 4 heteroatoms. The van der Waals surface area contributed by atoms with Gasteiger partial charge >= 0.3 is 0 Å². The van der Waals surface area contributed by atoms with E-state index in [1.54, 1.807) is 6.92 Å². The summed E-state index contributed by atoms with van der Waals surface area (Å²) in [5.74, 6) is 0.778. The Morgan fingerprint density at radius 2 is 1.88 bits per heavy atom. The van der Waals surface area contributed by atoms with Crippen LogP contribution in [0.5, 0.6) is 5.75 Å². The zero-order chi connectivity index (χ0) is 12.7. The molecule has 0 aliphatic heterocycles. The minimum atomic E-state index is -0.586. The molecule has 96 valence electrons. The standard InChI is InChI=1S/C13H21NO3/c1-13(14,10-16)7-9-17-12-4-2-11(3-5-12)6-8-15/h2-5,15-16H,6-10,14H2,1H3. The van der Waals surface area contributed by atoms with Gasteiger partial charge in [0.2, 0.25) is 0 Å². The van der Waals surface area contributed by atoms with Gasteiger partial charge in [0, 0.05) is 18.6 Å². The molecule has 0 saturated carbocycles. The molecule has 17 heavy (non-hydrogen) atoms. The fraction of sp³-hybridized carbons (Fsp3) is 0.538. The van der Waals surface area contributed by atoms with Crippen molar-refractivity contribution >= 4 is 0 Å². The third kappa shape index (κ3) is 5.17. The van der Waals surface area contributed by atoms with Crippen LogP contribution in [0.3, 0.4) is 0 Å². The van der Waals surface area contributed by atoms with E-state index in [1.807, 2.05) is 24.3 Å². The number of hydrogen-bond acceptors (Lipinski definition) is 4. The Bertz CT molecular complexity index is 322. The summed E-state index contributed by atoms with van der Waals surface area (Å²) in [6.45, 7) is 2.38. The fourth-order valence-corrected chi connectivity index (χ4v) is 1.36. The fourth-order valence-electron chi connectivity index (χ4n) is 1.36. The molecule has 0 saturated heterocycles. The van der Waals surface area contributed by atoms with Crippen LogP contribution in [0.1, 0.15) is 18.9 Å². The second-order valence-electron chi connectivity index (χ2n) is 4.53. The lowest BCUT2D eigenvalue weighted by Crippen LogP contribution is -2.41. The van der Waals surface area contributed by atoms with Crippen molar-refractivity contribution in [1.29, 1.82) is 0 Å². The van der Waals surface area contributed by atoms with Gasteiger partial charge < -0.3 is 20.7 Å². The zero-order valence-electron chi connectivity index (χ0n) is 10.2. The van der Waals surface area contributed by atoms with Crippen molar-refractivity contribution < 1.29 is 14.9 Å². The molecule has 0 radical (unpaired) electrons. The van der Waals surface area contributed by atoms with Crippen molar-refractivity contribution in [2.24, 2.45) is 5.73 Å². The molecule has 0 aromatic heterocycles. The highest BCUT2D eigenvalue weighted by atomic mass is 16.5. The van der Waals surface area contributed by atoms with E-state index >= 15 is 0 Å². The highest BCUT2D eigenvalue weighted by Gasteiger charge is 2.16. The van der Waals surface area contributed by atoms with Crippen molar-refractivity contribution in [3.05, 3.63) is 29.8 Å². The van der Waals surface area contributed by atoms with E-state index in [4.69, 9.17) is 20.7 Å². The average molecular weight is 239 g/mol. The molecule has 0 bridgehead atoms. The minimum Gasteiger partial charge on any atom is -0.494 e. The Hall–Kier alpha value is -1.10. The van der Waals surface area contributed by atoms with E-state index in [9.17, 15) is 0 Å². The third-order valence-electron chi connectivity index (χ3n) is 2.63. The quantitative estimate of drug-likeness (QED) is 0.654. The molecular formula is C13H21NO3. The van der Waals surface area contributed by atoms with Crippen LogP contribution in [0.2, 0.25) is 0 Å². The molecule has 1 unspecified atom stereocenters. The van der Waals surface area contributed by atoms with Crippen LogP contribution in [0.25, 0.3) is 0 Å². The molecule has 1 aromatic rings. The van der Waals surface area contributed by atoms with Crippen LogP contribution in [0.15, 0.2) is 24.3 Å². The van der Waals surface area contributed by atoms with E-state index in [-0.39, 0.29) is 13.2 Å². The van der Waals surface area contributed by atoms with Crippen LogP contribution in [-0.4, -0.2) is 35.6 Å². The molecule has 1 atom stereocenters. The number of benzene rings is 1. The second kappa shape index (κ2) is 6.59. The third-order valence-corrected chi connectivity index (χ3v) is 2.63. The summed E-state index contributed by atoms with van der Waals surface area (Å²) in [6, 6.07) is 7.61. The lowest BCUT2D eigenvalue weighted by molar-refractivity contribution is 0.175. The van der Waals surface area contributed by atoms with Crippen molar-refractivity contribution in [3.63, 3.8) is 0 Å². The molecule has 4 nitrogen and oxygen atoms in total. The van der Waals surface area contributed by atoms with Crippen LogP contribution < -0.4 is 10.5 Å². The lowest BCUT2D eigenvalue weighted by Gasteiger charge is -2.21. The SMILES string of the molecule is CC(N)(CO)CCOc1ccc(CCO)cc1. The molecule has 1 rings (SSSR count). The second-order valence-corrected chi connectivity index (χ2v) is 4.53. The predicted octanol–water partition coefficient (Wildman–Crippen LogP) is 0.700. The summed E-state index contributed by atoms with van der Waals surface area (Å²) in [5, 5.41) is 17.8. The van der Waals surface area contributed by atoms with E-state index in [0.717, 1.165) is 11.3 Å². The molecule has 0 spiro atoms. The average Bonchev–Trinajstić information content (AvgIpc) is 2.32. The first-order chi connectivity index (χ1) is 8.07. The largest absolute Gasteiger partial charge is 0.494 e. The predicted molar refractivity (Wildman–Crippen MR) is 67.0 cm³/mol. The van der Waals surface area contributed by atoms with Gasteiger partial charge in [-0.05, 0) is 31.0 Å². The maximum absolute atomic E-state index is 8.98. The molecule has 0 amide bonds. The number of aliphatic hydroxyl groups excluding tert-OH is 2. The molecule has 0 aliphatic carbocycles. The summed E-state index contributed by atoms with van der Waals surface area (Å²) >= 11 is 0. The van der Waals surface area contributed by atoms with E-state index in [2.05, 4.69) is 0 Å². The molecular weight excluding hydrogens is 218 g/mol. The molecule has 1 aromatic carbocycles.